The van der Waals surface area contributed by atoms with Crippen LogP contribution in [0, 0.1) is 6.92 Å². The molecule has 19 heavy (non-hydrogen) atoms. The monoisotopic (exact) mass is 262 g/mol. The Morgan fingerprint density at radius 2 is 1.79 bits per heavy atom. The van der Waals surface area contributed by atoms with Gasteiger partial charge in [-0.3, -0.25) is 4.68 Å². The van der Waals surface area contributed by atoms with E-state index < -0.39 is 0 Å². The summed E-state index contributed by atoms with van der Waals surface area (Å²) in [5.74, 6) is 0.885. The summed E-state index contributed by atoms with van der Waals surface area (Å²) in [6, 6.07) is 8.03. The van der Waals surface area contributed by atoms with Gasteiger partial charge in [-0.2, -0.15) is 5.10 Å². The Hall–Kier alpha value is -2.07. The molecule has 0 radical (unpaired) electrons. The van der Waals surface area contributed by atoms with Gasteiger partial charge in [0, 0.05) is 13.3 Å². The van der Waals surface area contributed by atoms with Crippen LogP contribution in [0.5, 0.6) is 5.75 Å². The smallest absolute Gasteiger partial charge is 0.118 e. The van der Waals surface area contributed by atoms with E-state index in [1.54, 1.807) is 7.11 Å². The minimum atomic E-state index is 0.803. The van der Waals surface area contributed by atoms with Crippen molar-refractivity contribution in [3.8, 4) is 5.75 Å². The molecule has 1 aromatic heterocycles. The molecule has 2 aromatic rings. The standard InChI is InChI=1S/C12H14N2O.C2H4.CH4O/c1-10-7-13-14(8-10)9-11-3-5-12(15-2)6-4-11;2*1-2/h3-8H,9H2,1-2H3;1-2H2;2H,1H3. The van der Waals surface area contributed by atoms with Crippen LogP contribution in [0.2, 0.25) is 0 Å². The van der Waals surface area contributed by atoms with Gasteiger partial charge >= 0.3 is 0 Å². The van der Waals surface area contributed by atoms with Gasteiger partial charge in [-0.25, -0.2) is 0 Å². The molecule has 0 atom stereocenters. The van der Waals surface area contributed by atoms with E-state index in [-0.39, 0.29) is 0 Å². The zero-order valence-electron chi connectivity index (χ0n) is 11.8. The third-order valence-corrected chi connectivity index (χ3v) is 2.27. The molecule has 0 aliphatic heterocycles. The predicted molar refractivity (Wildman–Crippen MR) is 78.5 cm³/mol. The van der Waals surface area contributed by atoms with Gasteiger partial charge in [-0.05, 0) is 30.2 Å². The fourth-order valence-corrected chi connectivity index (χ4v) is 1.47. The first-order chi connectivity index (χ1) is 9.28. The highest BCUT2D eigenvalue weighted by atomic mass is 16.5. The molecule has 0 amide bonds. The lowest BCUT2D eigenvalue weighted by Crippen LogP contribution is -1.99. The van der Waals surface area contributed by atoms with Crippen LogP contribution in [0.3, 0.4) is 0 Å². The van der Waals surface area contributed by atoms with Crippen LogP contribution < -0.4 is 4.74 Å². The van der Waals surface area contributed by atoms with Gasteiger partial charge in [-0.1, -0.05) is 12.1 Å². The first-order valence-corrected chi connectivity index (χ1v) is 5.84. The summed E-state index contributed by atoms with van der Waals surface area (Å²) in [6.45, 7) is 8.84. The molecule has 0 unspecified atom stereocenters. The Kier molecular flexibility index (Phi) is 8.83. The maximum Gasteiger partial charge on any atom is 0.118 e. The molecule has 0 spiro atoms. The van der Waals surface area contributed by atoms with E-state index in [1.807, 2.05) is 36.1 Å². The first kappa shape index (κ1) is 16.9. The Balaban J connectivity index is 0.000000741. The number of aliphatic hydroxyl groups excluding tert-OH is 1. The fourth-order valence-electron chi connectivity index (χ4n) is 1.47. The van der Waals surface area contributed by atoms with E-state index in [4.69, 9.17) is 9.84 Å². The second-order valence-electron chi connectivity index (χ2n) is 3.56. The van der Waals surface area contributed by atoms with E-state index >= 15 is 0 Å². The van der Waals surface area contributed by atoms with E-state index in [9.17, 15) is 0 Å². The summed E-state index contributed by atoms with van der Waals surface area (Å²) in [5, 5.41) is 11.2. The lowest BCUT2D eigenvalue weighted by atomic mass is 10.2. The largest absolute Gasteiger partial charge is 0.497 e. The van der Waals surface area contributed by atoms with Crippen molar-refractivity contribution in [2.24, 2.45) is 0 Å². The molecular weight excluding hydrogens is 240 g/mol. The highest BCUT2D eigenvalue weighted by Crippen LogP contribution is 2.12. The van der Waals surface area contributed by atoms with E-state index in [2.05, 4.69) is 30.4 Å². The van der Waals surface area contributed by atoms with Crippen molar-refractivity contribution in [3.63, 3.8) is 0 Å². The van der Waals surface area contributed by atoms with Gasteiger partial charge in [0.25, 0.3) is 0 Å². The molecule has 0 aliphatic carbocycles. The lowest BCUT2D eigenvalue weighted by molar-refractivity contribution is 0.399. The minimum Gasteiger partial charge on any atom is -0.497 e. The molecule has 0 aliphatic rings. The first-order valence-electron chi connectivity index (χ1n) is 5.84. The van der Waals surface area contributed by atoms with Gasteiger partial charge in [0.2, 0.25) is 0 Å². The quantitative estimate of drug-likeness (QED) is 0.865. The molecule has 0 saturated heterocycles. The third kappa shape index (κ3) is 5.88. The number of benzene rings is 1. The van der Waals surface area contributed by atoms with Crippen LogP contribution in [-0.4, -0.2) is 29.1 Å². The third-order valence-electron chi connectivity index (χ3n) is 2.27. The van der Waals surface area contributed by atoms with E-state index in [1.165, 1.54) is 11.1 Å². The topological polar surface area (TPSA) is 47.3 Å². The van der Waals surface area contributed by atoms with Crippen molar-refractivity contribution < 1.29 is 9.84 Å². The highest BCUT2D eigenvalue weighted by Gasteiger charge is 1.97. The molecule has 0 saturated carbocycles. The Morgan fingerprint density at radius 3 is 2.21 bits per heavy atom. The summed E-state index contributed by atoms with van der Waals surface area (Å²) in [5.41, 5.74) is 2.41. The van der Waals surface area contributed by atoms with Crippen molar-refractivity contribution in [1.82, 2.24) is 9.78 Å². The number of hydrogen-bond acceptors (Lipinski definition) is 3. The maximum absolute atomic E-state index is 7.00. The Bertz CT molecular complexity index is 449. The number of methoxy groups -OCH3 is 1. The van der Waals surface area contributed by atoms with Crippen molar-refractivity contribution in [3.05, 3.63) is 60.9 Å². The summed E-state index contributed by atoms with van der Waals surface area (Å²) in [6.07, 6.45) is 3.90. The van der Waals surface area contributed by atoms with Crippen LogP contribution in [0.1, 0.15) is 11.1 Å². The van der Waals surface area contributed by atoms with Crippen LogP contribution in [0.4, 0.5) is 0 Å². The fraction of sp³-hybridized carbons (Fsp3) is 0.267. The van der Waals surface area contributed by atoms with Gasteiger partial charge in [0.05, 0.1) is 19.9 Å². The van der Waals surface area contributed by atoms with Crippen molar-refractivity contribution >= 4 is 0 Å². The van der Waals surface area contributed by atoms with Crippen molar-refractivity contribution in [1.29, 1.82) is 0 Å². The SMILES string of the molecule is C=C.CO.COc1ccc(Cn2cc(C)cn2)cc1. The molecule has 4 heteroatoms. The molecule has 104 valence electrons. The summed E-state index contributed by atoms with van der Waals surface area (Å²) >= 11 is 0. The Labute approximate surface area is 115 Å². The van der Waals surface area contributed by atoms with E-state index in [0.717, 1.165) is 19.4 Å². The molecule has 1 heterocycles. The summed E-state index contributed by atoms with van der Waals surface area (Å²) < 4.78 is 7.03. The van der Waals surface area contributed by atoms with Gasteiger partial charge in [0.15, 0.2) is 0 Å². The molecule has 1 aromatic carbocycles. The predicted octanol–water partition coefficient (Wildman–Crippen LogP) is 2.66. The zero-order chi connectivity index (χ0) is 14.7. The van der Waals surface area contributed by atoms with E-state index in [0.29, 0.717) is 0 Å². The van der Waals surface area contributed by atoms with Gasteiger partial charge in [-0.15, -0.1) is 13.2 Å². The number of nitrogens with zero attached hydrogens (tertiary/aromatic N) is 2. The molecule has 4 nitrogen and oxygen atoms in total. The zero-order valence-corrected chi connectivity index (χ0v) is 11.8. The normalized spacial score (nSPS) is 8.63. The van der Waals surface area contributed by atoms with Crippen LogP contribution in [-0.2, 0) is 6.54 Å². The molecule has 0 bridgehead atoms. The van der Waals surface area contributed by atoms with Crippen LogP contribution in [0.15, 0.2) is 49.8 Å². The van der Waals surface area contributed by atoms with Gasteiger partial charge < -0.3 is 9.84 Å². The second-order valence-corrected chi connectivity index (χ2v) is 3.56. The molecule has 1 N–H and O–H groups in total. The molecule has 0 fully saturated rings. The lowest BCUT2D eigenvalue weighted by Gasteiger charge is -2.03. The van der Waals surface area contributed by atoms with Gasteiger partial charge in [0.1, 0.15) is 5.75 Å². The maximum atomic E-state index is 7.00. The van der Waals surface area contributed by atoms with Crippen LogP contribution in [0.25, 0.3) is 0 Å². The number of hydrogen-bond donors (Lipinski definition) is 1. The number of ether oxygens (including phenoxy) is 1. The number of rotatable bonds is 3. The number of aliphatic hydroxyl groups is 1. The van der Waals surface area contributed by atoms with Crippen molar-refractivity contribution in [2.75, 3.05) is 14.2 Å². The number of aromatic nitrogens is 2. The minimum absolute atomic E-state index is 0.803. The molecular formula is C15H22N2O2. The summed E-state index contributed by atoms with van der Waals surface area (Å²) in [4.78, 5) is 0. The second kappa shape index (κ2) is 9.91. The average molecular weight is 262 g/mol. The van der Waals surface area contributed by atoms with Crippen molar-refractivity contribution in [2.45, 2.75) is 13.5 Å². The average Bonchev–Trinajstić information content (AvgIpc) is 2.89. The highest BCUT2D eigenvalue weighted by molar-refractivity contribution is 5.27. The summed E-state index contributed by atoms with van der Waals surface area (Å²) in [7, 11) is 2.67. The molecule has 2 rings (SSSR count). The Morgan fingerprint density at radius 1 is 1.21 bits per heavy atom. The van der Waals surface area contributed by atoms with Crippen LogP contribution >= 0.6 is 0 Å². The number of aryl methyl sites for hydroxylation is 1.